The molecule has 0 N–H and O–H groups in total. The van der Waals surface area contributed by atoms with E-state index in [1.54, 1.807) is 0 Å². The van der Waals surface area contributed by atoms with E-state index >= 15 is 0 Å². The number of halogens is 1. The van der Waals surface area contributed by atoms with E-state index in [1.165, 1.54) is 0 Å². The van der Waals surface area contributed by atoms with Crippen LogP contribution in [0.15, 0.2) is 24.3 Å². The first-order valence-electron chi connectivity index (χ1n) is 5.43. The van der Waals surface area contributed by atoms with Crippen LogP contribution in [0.5, 0.6) is 0 Å². The number of hydrogen-bond donors (Lipinski definition) is 0. The summed E-state index contributed by atoms with van der Waals surface area (Å²) in [5.74, 6) is 0.917. The lowest BCUT2D eigenvalue weighted by Gasteiger charge is -2.21. The minimum atomic E-state index is 0.306. The summed E-state index contributed by atoms with van der Waals surface area (Å²) in [6.45, 7) is 6.03. The van der Waals surface area contributed by atoms with Crippen LogP contribution in [-0.4, -0.2) is 23.1 Å². The van der Waals surface area contributed by atoms with Gasteiger partial charge in [0.2, 0.25) is 5.28 Å². The Kier molecular flexibility index (Phi) is 3.25. The van der Waals surface area contributed by atoms with Gasteiger partial charge in [0.05, 0.1) is 5.52 Å². The van der Waals surface area contributed by atoms with E-state index < -0.39 is 0 Å². The van der Waals surface area contributed by atoms with Gasteiger partial charge in [0.25, 0.3) is 0 Å². The van der Waals surface area contributed by atoms with Gasteiger partial charge in [-0.3, -0.25) is 0 Å². The van der Waals surface area contributed by atoms with Gasteiger partial charge in [-0.05, 0) is 37.6 Å². The van der Waals surface area contributed by atoms with E-state index in [4.69, 9.17) is 11.6 Å². The third kappa shape index (κ3) is 1.95. The van der Waals surface area contributed by atoms with E-state index in [1.807, 2.05) is 24.3 Å². The molecule has 0 aliphatic carbocycles. The normalized spacial score (nSPS) is 10.7. The Balaban J connectivity index is 2.66. The molecule has 0 saturated heterocycles. The summed E-state index contributed by atoms with van der Waals surface area (Å²) in [6, 6.07) is 7.93. The molecule has 4 heteroatoms. The average molecular weight is 236 g/mol. The van der Waals surface area contributed by atoms with Crippen LogP contribution >= 0.6 is 11.6 Å². The van der Waals surface area contributed by atoms with E-state index in [0.717, 1.165) is 29.8 Å². The molecule has 0 saturated carbocycles. The van der Waals surface area contributed by atoms with Crippen molar-refractivity contribution in [3.8, 4) is 0 Å². The van der Waals surface area contributed by atoms with Gasteiger partial charge in [0.15, 0.2) is 0 Å². The monoisotopic (exact) mass is 235 g/mol. The molecule has 1 heterocycles. The molecule has 0 aliphatic heterocycles. The summed E-state index contributed by atoms with van der Waals surface area (Å²) < 4.78 is 0. The van der Waals surface area contributed by atoms with Crippen molar-refractivity contribution in [1.29, 1.82) is 0 Å². The molecule has 0 aliphatic rings. The zero-order valence-corrected chi connectivity index (χ0v) is 10.2. The Labute approximate surface area is 100 Å². The third-order valence-electron chi connectivity index (χ3n) is 2.62. The van der Waals surface area contributed by atoms with Crippen molar-refractivity contribution in [2.24, 2.45) is 0 Å². The third-order valence-corrected chi connectivity index (χ3v) is 2.79. The number of nitrogens with zero attached hydrogens (tertiary/aromatic N) is 3. The van der Waals surface area contributed by atoms with Gasteiger partial charge in [-0.1, -0.05) is 12.1 Å². The summed E-state index contributed by atoms with van der Waals surface area (Å²) in [7, 11) is 0. The minimum absolute atomic E-state index is 0.306. The summed E-state index contributed by atoms with van der Waals surface area (Å²) in [4.78, 5) is 10.7. The topological polar surface area (TPSA) is 29.0 Å². The lowest BCUT2D eigenvalue weighted by Crippen LogP contribution is -2.23. The largest absolute Gasteiger partial charge is 0.357 e. The number of hydrogen-bond acceptors (Lipinski definition) is 3. The highest BCUT2D eigenvalue weighted by Crippen LogP contribution is 2.24. The molecule has 0 unspecified atom stereocenters. The Morgan fingerprint density at radius 3 is 2.50 bits per heavy atom. The summed E-state index contributed by atoms with van der Waals surface area (Å²) >= 11 is 5.93. The Bertz CT molecular complexity index is 495. The van der Waals surface area contributed by atoms with Crippen LogP contribution in [0.25, 0.3) is 10.9 Å². The van der Waals surface area contributed by atoms with Crippen LogP contribution in [-0.2, 0) is 0 Å². The zero-order chi connectivity index (χ0) is 11.5. The molecule has 84 valence electrons. The molecule has 3 nitrogen and oxygen atoms in total. The number of anilines is 1. The second-order valence-electron chi connectivity index (χ2n) is 3.51. The van der Waals surface area contributed by atoms with E-state index in [0.29, 0.717) is 5.28 Å². The Morgan fingerprint density at radius 2 is 1.81 bits per heavy atom. The molecule has 0 bridgehead atoms. The maximum absolute atomic E-state index is 5.93. The number of aromatic nitrogens is 2. The highest BCUT2D eigenvalue weighted by molar-refractivity contribution is 6.28. The zero-order valence-electron chi connectivity index (χ0n) is 9.44. The fourth-order valence-electron chi connectivity index (χ4n) is 1.80. The maximum Gasteiger partial charge on any atom is 0.224 e. The van der Waals surface area contributed by atoms with Crippen molar-refractivity contribution in [2.45, 2.75) is 13.8 Å². The second-order valence-corrected chi connectivity index (χ2v) is 3.84. The molecule has 0 amide bonds. The number of rotatable bonds is 3. The van der Waals surface area contributed by atoms with Crippen LogP contribution in [0, 0.1) is 0 Å². The molecular formula is C12H14ClN3. The van der Waals surface area contributed by atoms with Gasteiger partial charge >= 0.3 is 0 Å². The van der Waals surface area contributed by atoms with E-state index in [2.05, 4.69) is 28.7 Å². The minimum Gasteiger partial charge on any atom is -0.357 e. The SMILES string of the molecule is CCN(CC)c1nc(Cl)nc2ccccc12. The number of fused-ring (bicyclic) bond motifs is 1. The first-order chi connectivity index (χ1) is 7.76. The molecule has 0 atom stereocenters. The molecule has 0 fully saturated rings. The van der Waals surface area contributed by atoms with Crippen molar-refractivity contribution in [2.75, 3.05) is 18.0 Å². The number of benzene rings is 1. The highest BCUT2D eigenvalue weighted by Gasteiger charge is 2.10. The Morgan fingerprint density at radius 1 is 1.12 bits per heavy atom. The predicted octanol–water partition coefficient (Wildman–Crippen LogP) is 3.13. The number of para-hydroxylation sites is 1. The van der Waals surface area contributed by atoms with E-state index in [9.17, 15) is 0 Å². The first kappa shape index (κ1) is 11.1. The van der Waals surface area contributed by atoms with Crippen LogP contribution in [0.3, 0.4) is 0 Å². The molecule has 0 radical (unpaired) electrons. The van der Waals surface area contributed by atoms with Crippen molar-refractivity contribution >= 4 is 28.3 Å². The van der Waals surface area contributed by atoms with Crippen molar-refractivity contribution in [3.05, 3.63) is 29.5 Å². The average Bonchev–Trinajstić information content (AvgIpc) is 2.30. The second kappa shape index (κ2) is 4.66. The summed E-state index contributed by atoms with van der Waals surface area (Å²) in [5, 5.41) is 1.36. The predicted molar refractivity (Wildman–Crippen MR) is 68.1 cm³/mol. The van der Waals surface area contributed by atoms with Gasteiger partial charge < -0.3 is 4.90 Å². The fraction of sp³-hybridized carbons (Fsp3) is 0.333. The lowest BCUT2D eigenvalue weighted by molar-refractivity contribution is 0.849. The van der Waals surface area contributed by atoms with Crippen LogP contribution in [0.1, 0.15) is 13.8 Å². The molecule has 1 aromatic carbocycles. The highest BCUT2D eigenvalue weighted by atomic mass is 35.5. The summed E-state index contributed by atoms with van der Waals surface area (Å²) in [5.41, 5.74) is 0.893. The maximum atomic E-state index is 5.93. The molecule has 16 heavy (non-hydrogen) atoms. The molecule has 0 spiro atoms. The van der Waals surface area contributed by atoms with Gasteiger partial charge in [0, 0.05) is 18.5 Å². The quantitative estimate of drug-likeness (QED) is 0.766. The smallest absolute Gasteiger partial charge is 0.224 e. The van der Waals surface area contributed by atoms with Crippen molar-refractivity contribution in [1.82, 2.24) is 9.97 Å². The van der Waals surface area contributed by atoms with Crippen LogP contribution in [0.2, 0.25) is 5.28 Å². The van der Waals surface area contributed by atoms with E-state index in [-0.39, 0.29) is 0 Å². The molecular weight excluding hydrogens is 222 g/mol. The van der Waals surface area contributed by atoms with Crippen LogP contribution in [0.4, 0.5) is 5.82 Å². The lowest BCUT2D eigenvalue weighted by atomic mass is 10.2. The van der Waals surface area contributed by atoms with Gasteiger partial charge in [-0.15, -0.1) is 0 Å². The fourth-order valence-corrected chi connectivity index (χ4v) is 1.97. The van der Waals surface area contributed by atoms with Gasteiger partial charge in [-0.2, -0.15) is 4.98 Å². The standard InChI is InChI=1S/C12H14ClN3/c1-3-16(4-2)11-9-7-5-6-8-10(9)14-12(13)15-11/h5-8H,3-4H2,1-2H3. The molecule has 2 aromatic rings. The Hall–Kier alpha value is -1.35. The molecule has 1 aromatic heterocycles. The summed E-state index contributed by atoms with van der Waals surface area (Å²) in [6.07, 6.45) is 0. The first-order valence-corrected chi connectivity index (χ1v) is 5.81. The van der Waals surface area contributed by atoms with Gasteiger partial charge in [0.1, 0.15) is 5.82 Å². The van der Waals surface area contributed by atoms with Crippen molar-refractivity contribution < 1.29 is 0 Å². The van der Waals surface area contributed by atoms with Crippen molar-refractivity contribution in [3.63, 3.8) is 0 Å². The van der Waals surface area contributed by atoms with Crippen LogP contribution < -0.4 is 4.90 Å². The molecule has 2 rings (SSSR count). The van der Waals surface area contributed by atoms with Gasteiger partial charge in [-0.25, -0.2) is 4.98 Å².